The third kappa shape index (κ3) is 26.8. The molecule has 11 rings (SSSR count). The number of hydrogen-bond acceptors (Lipinski definition) is 18. The number of esters is 2. The summed E-state index contributed by atoms with van der Waals surface area (Å²) in [5, 5.41) is 4.40. The molecule has 21 heteroatoms. The standard InChI is InChI=1S/C57H68O9SeSi.C51H62O9Si/c1-11-36-61-44-37-48(53(41(3)58)51(38-44)62-39-60-10)52(67-45-26-18-13-19-27-45)35-34-50-54(65-57(8,9)64-50)49(63-55(59)43-24-16-12-17-25-43)33-32-40(2)42(4)66-68(56(5,6)7,46-28-20-14-21-29-46)47-30-22-15-23-31-47;1-11-32-55-41-33-40(47(37(3)52)46(34-41)56-35-54-10)24-21-29-45-48(59-51(8,9)58-45)44(57-49(53)39-22-15-12-16-23-39)31-30-36(2)38(4)60-61(50(5,6)7,42-25-17-13-18-26-42)43-27-19-14-20-28-43/h11-33,37-38,40,42,49-50,52,54H,1,34-36,39H2,2-10H3;11-28,30-31,33-34,36,38,44-45,48H,1,29,32,35H2,2-10H3/b33-32-;24-21+,31-30-/t40-,42-,49?,50+,52?,54-;36-,38-,44?,45+,48-/m11/s1. The number of methoxy groups -OCH3 is 2. The van der Waals surface area contributed by atoms with E-state index in [4.69, 9.17) is 65.7 Å². The van der Waals surface area contributed by atoms with Crippen molar-refractivity contribution < 1.29 is 84.9 Å². The van der Waals surface area contributed by atoms with Gasteiger partial charge in [0.25, 0.3) is 8.32 Å². The second kappa shape index (κ2) is 47.1. The Morgan fingerprint density at radius 2 is 0.829 bits per heavy atom. The molecule has 129 heavy (non-hydrogen) atoms. The first-order chi connectivity index (χ1) is 61.7. The van der Waals surface area contributed by atoms with Crippen molar-refractivity contribution in [1.82, 2.24) is 0 Å². The molecule has 2 saturated heterocycles. The Labute approximate surface area is 773 Å². The van der Waals surface area contributed by atoms with E-state index in [-0.39, 0.29) is 92.3 Å². The molecule has 0 N–H and O–H groups in total. The van der Waals surface area contributed by atoms with Crippen LogP contribution in [0.25, 0.3) is 6.08 Å². The molecule has 0 saturated carbocycles. The summed E-state index contributed by atoms with van der Waals surface area (Å²) in [4.78, 5) is 54.2. The summed E-state index contributed by atoms with van der Waals surface area (Å²) in [7, 11) is -2.67. The van der Waals surface area contributed by atoms with Crippen LogP contribution in [0.1, 0.15) is 187 Å². The number of hydrogen-bond donors (Lipinski definition) is 0. The van der Waals surface area contributed by atoms with Gasteiger partial charge in [0, 0.05) is 19.3 Å². The SMILES string of the molecule is C=CCOc1cc(/C=C/C[C@@H]2OC(C)(C)O[C@@H]2C(/C=C\[C@@H](C)[C@@H](C)O[Si](c2ccccc2)(c2ccccc2)C(C)(C)C)OC(=O)c2ccccc2)c(C(C)=O)c(OCOC)c1.C=CCOc1cc(OCOC)c(C(C)=O)c(C(CC[C@@H]2OC(C)(C)O[C@@H]2C(/C=C\[C@@H](C)[C@@H](C)O[Si](c2ccccc2)(c2ccccc2)C(C)(C)C)OC(=O)c2ccccc2)[Se]c2ccccc2)c1. The number of carbonyl (C=O) groups is 4. The first-order valence-corrected chi connectivity index (χ1v) is 50.0. The number of ketones is 2. The van der Waals surface area contributed by atoms with Crippen LogP contribution >= 0.6 is 0 Å². The van der Waals surface area contributed by atoms with Crippen LogP contribution in [0, 0.1) is 11.8 Å². The van der Waals surface area contributed by atoms with Crippen LogP contribution in [0.2, 0.25) is 10.1 Å². The normalized spacial score (nSPS) is 17.9. The van der Waals surface area contributed by atoms with Gasteiger partial charge in [-0.05, 0) is 101 Å². The second-order valence-corrected chi connectivity index (χ2v) is 46.7. The molecule has 0 aliphatic carbocycles. The summed E-state index contributed by atoms with van der Waals surface area (Å²) in [6.07, 6.45) is 12.1. The van der Waals surface area contributed by atoms with E-state index in [2.05, 4.69) is 204 Å². The third-order valence-corrected chi connectivity index (χ3v) is 35.9. The predicted molar refractivity (Wildman–Crippen MR) is 519 cm³/mol. The molecule has 9 aromatic carbocycles. The Balaban J connectivity index is 0.000000270. The van der Waals surface area contributed by atoms with E-state index in [1.54, 1.807) is 80.8 Å². The number of benzene rings is 9. The van der Waals surface area contributed by atoms with Crippen LogP contribution in [-0.2, 0) is 46.7 Å². The maximum atomic E-state index is 14.0. The summed E-state index contributed by atoms with van der Waals surface area (Å²) in [6.45, 7) is 40.7. The van der Waals surface area contributed by atoms with Gasteiger partial charge in [0.05, 0.1) is 17.2 Å². The van der Waals surface area contributed by atoms with Gasteiger partial charge in [-0.3, -0.25) is 4.79 Å². The monoisotopic (exact) mass is 1850 g/mol. The maximum absolute atomic E-state index is 14.0. The molecule has 0 bridgehead atoms. The van der Waals surface area contributed by atoms with Gasteiger partial charge in [0.1, 0.15) is 30.3 Å². The zero-order valence-electron chi connectivity index (χ0n) is 78.1. The first kappa shape index (κ1) is 101. The molecule has 0 radical (unpaired) electrons. The van der Waals surface area contributed by atoms with Gasteiger partial charge in [-0.1, -0.05) is 219 Å². The number of carbonyl (C=O) groups excluding carboxylic acids is 4. The number of rotatable bonds is 43. The van der Waals surface area contributed by atoms with Crippen molar-refractivity contribution in [1.29, 1.82) is 0 Å². The van der Waals surface area contributed by atoms with Gasteiger partial charge in [-0.15, -0.1) is 0 Å². The molecule has 0 aromatic heterocycles. The summed E-state index contributed by atoms with van der Waals surface area (Å²) < 4.78 is 89.6. The molecular weight excluding hydrogens is 1720 g/mol. The molecule has 3 unspecified atom stereocenters. The average Bonchev–Trinajstić information content (AvgIpc) is 1.03. The van der Waals surface area contributed by atoms with Crippen molar-refractivity contribution >= 4 is 86.4 Å². The van der Waals surface area contributed by atoms with E-state index in [1.165, 1.54) is 34.8 Å². The van der Waals surface area contributed by atoms with Crippen LogP contribution in [-0.4, -0.2) is 157 Å². The molecule has 9 aromatic rings. The fourth-order valence-corrected chi connectivity index (χ4v) is 28.7. The quantitative estimate of drug-likeness (QED) is 0.0115. The molecule has 2 aliphatic rings. The fourth-order valence-electron chi connectivity index (χ4n) is 16.6. The van der Waals surface area contributed by atoms with Crippen LogP contribution in [0.15, 0.2) is 292 Å². The second-order valence-electron chi connectivity index (χ2n) is 35.5. The Morgan fingerprint density at radius 1 is 0.465 bits per heavy atom. The van der Waals surface area contributed by atoms with Crippen molar-refractivity contribution in [2.24, 2.45) is 11.8 Å². The molecule has 2 aliphatic heterocycles. The fraction of sp³-hybridized carbons (Fsp3) is 0.370. The molecule has 0 spiro atoms. The molecule has 684 valence electrons. The number of Topliss-reactive ketones (excluding diaryl/α,β-unsaturated/α-hetero) is 2. The van der Waals surface area contributed by atoms with Crippen LogP contribution in [0.5, 0.6) is 23.0 Å². The zero-order chi connectivity index (χ0) is 93.1. The van der Waals surface area contributed by atoms with E-state index in [1.807, 2.05) is 125 Å². The van der Waals surface area contributed by atoms with E-state index < -0.39 is 76.8 Å². The Bertz CT molecular complexity index is 5100. The molecule has 11 atom stereocenters. The first-order valence-electron chi connectivity index (χ1n) is 44.3. The summed E-state index contributed by atoms with van der Waals surface area (Å²) in [5.74, 6) is -1.61. The van der Waals surface area contributed by atoms with Gasteiger partial charge in [-0.25, -0.2) is 4.79 Å². The third-order valence-electron chi connectivity index (χ3n) is 22.9. The molecular formula is C108H130O18SeSi2. The van der Waals surface area contributed by atoms with Crippen molar-refractivity contribution in [2.45, 2.75) is 205 Å². The van der Waals surface area contributed by atoms with Crippen LogP contribution in [0.3, 0.4) is 0 Å². The van der Waals surface area contributed by atoms with Crippen molar-refractivity contribution in [3.05, 3.63) is 326 Å². The van der Waals surface area contributed by atoms with E-state index in [9.17, 15) is 19.2 Å². The molecule has 18 nitrogen and oxygen atoms in total. The van der Waals surface area contributed by atoms with Gasteiger partial charge in [-0.2, -0.15) is 0 Å². The summed E-state index contributed by atoms with van der Waals surface area (Å²) in [5.41, 5.74) is 3.15. The van der Waals surface area contributed by atoms with Gasteiger partial charge in [0.15, 0.2) is 18.4 Å². The minimum absolute atomic E-state index is 0.0390. The van der Waals surface area contributed by atoms with Gasteiger partial charge < -0.3 is 32.8 Å². The van der Waals surface area contributed by atoms with E-state index in [0.29, 0.717) is 70.1 Å². The topological polar surface area (TPSA) is 197 Å². The summed E-state index contributed by atoms with van der Waals surface area (Å²) >= 11 is -0.152. The van der Waals surface area contributed by atoms with Crippen LogP contribution < -0.4 is 44.2 Å². The van der Waals surface area contributed by atoms with Gasteiger partial charge in [0.2, 0.25) is 0 Å². The van der Waals surface area contributed by atoms with Gasteiger partial charge >= 0.3 is 323 Å². The molecule has 2 fully saturated rings. The molecule has 0 amide bonds. The van der Waals surface area contributed by atoms with Crippen LogP contribution in [0.4, 0.5) is 0 Å². The zero-order valence-corrected chi connectivity index (χ0v) is 81.8. The van der Waals surface area contributed by atoms with Crippen molar-refractivity contribution in [2.75, 3.05) is 41.0 Å². The van der Waals surface area contributed by atoms with Crippen molar-refractivity contribution in [3.8, 4) is 23.0 Å². The van der Waals surface area contributed by atoms with E-state index in [0.717, 1.165) is 10.0 Å². The summed E-state index contributed by atoms with van der Waals surface area (Å²) in [6, 6.07) is 77.8. The average molecular weight is 1850 g/mol. The Morgan fingerprint density at radius 3 is 1.21 bits per heavy atom. The number of ether oxygens (including phenoxy) is 12. The minimum atomic E-state index is -2.88. The van der Waals surface area contributed by atoms with E-state index >= 15 is 0 Å². The van der Waals surface area contributed by atoms with Crippen molar-refractivity contribution in [3.63, 3.8) is 0 Å². The Hall–Kier alpha value is -10.2. The predicted octanol–water partition coefficient (Wildman–Crippen LogP) is 19.9. The molecule has 2 heterocycles. The Kier molecular flexibility index (Phi) is 36.8.